The highest BCUT2D eigenvalue weighted by molar-refractivity contribution is 5.80. The summed E-state index contributed by atoms with van der Waals surface area (Å²) >= 11 is 0. The zero-order valence-corrected chi connectivity index (χ0v) is 50.6. The summed E-state index contributed by atoms with van der Waals surface area (Å²) < 4.78 is 17.6. The Kier molecular flexibility index (Phi) is 52.4. The summed E-state index contributed by atoms with van der Waals surface area (Å²) in [6, 6.07) is -1.02. The van der Waals surface area contributed by atoms with Crippen LogP contribution >= 0.6 is 0 Å². The van der Waals surface area contributed by atoms with E-state index in [0.29, 0.717) is 19.3 Å². The number of unbranched alkanes of at least 4 members (excludes halogenated alkanes) is 44. The molecule has 0 aliphatic carbocycles. The Balaban J connectivity index is 2.52. The normalized spacial score (nSPS) is 19.0. The Morgan fingerprint density at radius 2 is 0.844 bits per heavy atom. The van der Waals surface area contributed by atoms with E-state index in [-0.39, 0.29) is 13.0 Å². The molecule has 8 atom stereocenters. The molecule has 0 aromatic heterocycles. The Morgan fingerprint density at radius 3 is 1.22 bits per heavy atom. The first kappa shape index (κ1) is 73.4. The lowest BCUT2D eigenvalue weighted by molar-refractivity contribution is -0.305. The molecule has 11 nitrogen and oxygen atoms in total. The molecule has 1 aliphatic rings. The third kappa shape index (κ3) is 42.9. The second-order valence-electron chi connectivity index (χ2n) is 23.6. The molecule has 0 spiro atoms. The van der Waals surface area contributed by atoms with Gasteiger partial charge in [-0.2, -0.15) is 0 Å². The van der Waals surface area contributed by atoms with Crippen molar-refractivity contribution in [1.82, 2.24) is 5.32 Å². The number of aliphatic hydroxyl groups is 5. The van der Waals surface area contributed by atoms with E-state index < -0.39 is 67.4 Å². The first-order chi connectivity index (χ1) is 37.7. The Bertz CT molecular complexity index is 1300. The number of nitrogens with one attached hydrogen (secondary N) is 1. The minimum Gasteiger partial charge on any atom is -0.454 e. The van der Waals surface area contributed by atoms with E-state index in [0.717, 1.165) is 57.8 Å². The first-order valence-electron chi connectivity index (χ1n) is 33.5. The molecule has 77 heavy (non-hydrogen) atoms. The highest BCUT2D eigenvalue weighted by Gasteiger charge is 2.47. The van der Waals surface area contributed by atoms with Crippen LogP contribution in [0, 0.1) is 0 Å². The van der Waals surface area contributed by atoms with Gasteiger partial charge in [-0.1, -0.05) is 315 Å². The molecule has 6 N–H and O–H groups in total. The molecular formula is C66H127NO10. The molecule has 1 fully saturated rings. The summed E-state index contributed by atoms with van der Waals surface area (Å²) in [4.78, 5) is 26.5. The number of carbonyl (C=O) groups is 2. The van der Waals surface area contributed by atoms with Gasteiger partial charge < -0.3 is 45.1 Å². The predicted molar refractivity (Wildman–Crippen MR) is 320 cm³/mol. The second kappa shape index (κ2) is 55.0. The van der Waals surface area contributed by atoms with E-state index in [9.17, 15) is 35.1 Å². The number of carbonyl (C=O) groups excluding carboxylic acids is 2. The third-order valence-corrected chi connectivity index (χ3v) is 16.2. The molecule has 0 bridgehead atoms. The average Bonchev–Trinajstić information content (AvgIpc) is 3.43. The van der Waals surface area contributed by atoms with Gasteiger partial charge in [0.15, 0.2) is 12.4 Å². The quantitative estimate of drug-likeness (QED) is 0.0195. The molecule has 0 saturated carbocycles. The first-order valence-corrected chi connectivity index (χ1v) is 33.5. The molecule has 0 aromatic rings. The maximum absolute atomic E-state index is 13.4. The smallest absolute Gasteiger partial charge is 0.306 e. The van der Waals surface area contributed by atoms with Gasteiger partial charge in [0.25, 0.3) is 0 Å². The highest BCUT2D eigenvalue weighted by atomic mass is 16.7. The molecule has 1 amide bonds. The van der Waals surface area contributed by atoms with Crippen LogP contribution in [0.5, 0.6) is 0 Å². The van der Waals surface area contributed by atoms with Crippen molar-refractivity contribution in [2.24, 2.45) is 0 Å². The van der Waals surface area contributed by atoms with Gasteiger partial charge in [-0.05, 0) is 25.7 Å². The van der Waals surface area contributed by atoms with Crippen LogP contribution in [0.25, 0.3) is 0 Å². The van der Waals surface area contributed by atoms with E-state index in [1.807, 2.05) is 6.08 Å². The monoisotopic (exact) mass is 1090 g/mol. The summed E-state index contributed by atoms with van der Waals surface area (Å²) in [5.41, 5.74) is 0. The minimum atomic E-state index is -1.61. The molecule has 1 heterocycles. The van der Waals surface area contributed by atoms with Gasteiger partial charge in [0.05, 0.1) is 25.4 Å². The van der Waals surface area contributed by atoms with Crippen LogP contribution in [0.1, 0.15) is 335 Å². The van der Waals surface area contributed by atoms with Crippen LogP contribution in [0.2, 0.25) is 0 Å². The topological polar surface area (TPSA) is 175 Å². The number of aliphatic hydroxyl groups excluding tert-OH is 5. The lowest BCUT2D eigenvalue weighted by atomic mass is 9.99. The van der Waals surface area contributed by atoms with Gasteiger partial charge in [-0.25, -0.2) is 0 Å². The van der Waals surface area contributed by atoms with Crippen LogP contribution in [0.4, 0.5) is 0 Å². The summed E-state index contributed by atoms with van der Waals surface area (Å²) in [6.45, 7) is 5.82. The molecule has 0 radical (unpaired) electrons. The van der Waals surface area contributed by atoms with E-state index >= 15 is 0 Å². The summed E-state index contributed by atoms with van der Waals surface area (Å²) in [7, 11) is 0. The number of rotatable bonds is 58. The maximum Gasteiger partial charge on any atom is 0.306 e. The number of allylic oxidation sites excluding steroid dienone is 1. The summed E-state index contributed by atoms with van der Waals surface area (Å²) in [5, 5.41) is 57.0. The minimum absolute atomic E-state index is 0.132. The Hall–Kier alpha value is -1.60. The maximum atomic E-state index is 13.4. The standard InChI is InChI=1S/C66H127NO10/c1-4-7-10-13-16-19-22-24-25-26-27-28-29-30-31-32-33-34-35-36-39-42-45-48-51-54-61(71)77-64-63(73)62(72)60(55-68)76-66(64)75-56-57(58(69)52-49-46-43-40-37-21-18-15-12-9-6-3)67-65(74)59(70)53-50-47-44-41-38-23-20-17-14-11-8-5-2/h49,52,57-60,62-64,66,68-70,72-73H,4-48,50-51,53-56H2,1-3H3,(H,67,74)/b52-49+. The van der Waals surface area contributed by atoms with Gasteiger partial charge in [-0.3, -0.25) is 9.59 Å². The lowest BCUT2D eigenvalue weighted by Gasteiger charge is -2.41. The van der Waals surface area contributed by atoms with Crippen LogP contribution in [0.3, 0.4) is 0 Å². The summed E-state index contributed by atoms with van der Waals surface area (Å²) in [5.74, 6) is -1.18. The van der Waals surface area contributed by atoms with Crippen LogP contribution < -0.4 is 5.32 Å². The van der Waals surface area contributed by atoms with Crippen molar-refractivity contribution < 1.29 is 49.3 Å². The van der Waals surface area contributed by atoms with Gasteiger partial charge in [0, 0.05) is 6.42 Å². The molecule has 1 rings (SSSR count). The van der Waals surface area contributed by atoms with Gasteiger partial charge in [-0.15, -0.1) is 0 Å². The molecule has 11 heteroatoms. The number of esters is 1. The second-order valence-corrected chi connectivity index (χ2v) is 23.6. The van der Waals surface area contributed by atoms with Crippen molar-refractivity contribution in [3.63, 3.8) is 0 Å². The van der Waals surface area contributed by atoms with Crippen molar-refractivity contribution >= 4 is 11.9 Å². The Labute approximate surface area is 474 Å². The molecule has 1 aliphatic heterocycles. The molecule has 0 aromatic carbocycles. The largest absolute Gasteiger partial charge is 0.454 e. The number of hydrogen-bond acceptors (Lipinski definition) is 10. The lowest BCUT2D eigenvalue weighted by Crippen LogP contribution is -2.61. The molecule has 8 unspecified atom stereocenters. The fourth-order valence-electron chi connectivity index (χ4n) is 10.9. The van der Waals surface area contributed by atoms with Crippen molar-refractivity contribution in [2.45, 2.75) is 384 Å². The van der Waals surface area contributed by atoms with Gasteiger partial charge in [0.2, 0.25) is 5.91 Å². The average molecular weight is 1090 g/mol. The Morgan fingerprint density at radius 1 is 0.494 bits per heavy atom. The molecule has 1 saturated heterocycles. The predicted octanol–water partition coefficient (Wildman–Crippen LogP) is 16.3. The fraction of sp³-hybridized carbons (Fsp3) is 0.939. The zero-order valence-electron chi connectivity index (χ0n) is 50.6. The van der Waals surface area contributed by atoms with Crippen molar-refractivity contribution in [3.05, 3.63) is 12.2 Å². The molecule has 456 valence electrons. The van der Waals surface area contributed by atoms with Crippen molar-refractivity contribution in [1.29, 1.82) is 0 Å². The van der Waals surface area contributed by atoms with Gasteiger partial charge in [0.1, 0.15) is 24.4 Å². The van der Waals surface area contributed by atoms with Crippen LogP contribution in [-0.2, 0) is 23.8 Å². The van der Waals surface area contributed by atoms with Crippen LogP contribution in [0.15, 0.2) is 12.2 Å². The zero-order chi connectivity index (χ0) is 56.1. The van der Waals surface area contributed by atoms with Crippen LogP contribution in [-0.4, -0.2) is 99.6 Å². The fourth-order valence-corrected chi connectivity index (χ4v) is 10.9. The van der Waals surface area contributed by atoms with E-state index in [2.05, 4.69) is 26.1 Å². The highest BCUT2D eigenvalue weighted by Crippen LogP contribution is 2.26. The number of ether oxygens (including phenoxy) is 3. The van der Waals surface area contributed by atoms with E-state index in [1.54, 1.807) is 6.08 Å². The summed E-state index contributed by atoms with van der Waals surface area (Å²) in [6.07, 6.45) is 52.7. The van der Waals surface area contributed by atoms with E-state index in [1.165, 1.54) is 231 Å². The SMILES string of the molecule is CCCCCCCCCCC/C=C/C(O)C(COC1OC(CO)C(O)C(O)C1OC(=O)CCCCCCCCCCCCCCCCCCCCCCCCCCC)NC(=O)C(O)CCCCCCCCCCCCCC. The number of amides is 1. The number of hydrogen-bond donors (Lipinski definition) is 6. The van der Waals surface area contributed by atoms with Crippen molar-refractivity contribution in [2.75, 3.05) is 13.2 Å². The van der Waals surface area contributed by atoms with E-state index in [4.69, 9.17) is 14.2 Å². The molecular weight excluding hydrogens is 967 g/mol. The van der Waals surface area contributed by atoms with Crippen molar-refractivity contribution in [3.8, 4) is 0 Å². The third-order valence-electron chi connectivity index (χ3n) is 16.2. The van der Waals surface area contributed by atoms with Gasteiger partial charge >= 0.3 is 5.97 Å².